The maximum Gasteiger partial charge on any atom is 0.222 e. The van der Waals surface area contributed by atoms with Gasteiger partial charge in [-0.05, 0) is 51.5 Å². The number of hydrogen-bond donors (Lipinski definition) is 1. The molecule has 0 atom stereocenters. The smallest absolute Gasteiger partial charge is 0.222 e. The van der Waals surface area contributed by atoms with Crippen molar-refractivity contribution in [2.75, 3.05) is 39.0 Å². The van der Waals surface area contributed by atoms with Crippen LogP contribution in [-0.2, 0) is 4.79 Å². The first-order chi connectivity index (χ1) is 12.1. The zero-order chi connectivity index (χ0) is 17.6. The number of aromatic nitrogens is 2. The molecule has 6 heteroatoms. The molecule has 0 aliphatic carbocycles. The van der Waals surface area contributed by atoms with Gasteiger partial charge in [-0.1, -0.05) is 12.1 Å². The number of likely N-dealkylation sites (tertiary alicyclic amines) is 1. The van der Waals surface area contributed by atoms with Crippen molar-refractivity contribution in [3.8, 4) is 0 Å². The van der Waals surface area contributed by atoms with Crippen LogP contribution in [0.2, 0.25) is 0 Å². The molecule has 6 nitrogen and oxygen atoms in total. The SMILES string of the molecule is CN1CCC(N(C)C(=O)CCCNc2ncnc3ccccc23)CC1. The van der Waals surface area contributed by atoms with Crippen molar-refractivity contribution in [1.82, 2.24) is 19.8 Å². The fourth-order valence-corrected chi connectivity index (χ4v) is 3.35. The van der Waals surface area contributed by atoms with Gasteiger partial charge in [0.1, 0.15) is 12.1 Å². The molecule has 0 radical (unpaired) electrons. The van der Waals surface area contributed by atoms with Crippen molar-refractivity contribution in [1.29, 1.82) is 0 Å². The van der Waals surface area contributed by atoms with Crippen LogP contribution in [0.1, 0.15) is 25.7 Å². The zero-order valence-corrected chi connectivity index (χ0v) is 15.1. The Kier molecular flexibility index (Phi) is 5.81. The summed E-state index contributed by atoms with van der Waals surface area (Å²) in [6, 6.07) is 8.33. The molecule has 25 heavy (non-hydrogen) atoms. The van der Waals surface area contributed by atoms with Gasteiger partial charge in [-0.15, -0.1) is 0 Å². The third kappa shape index (κ3) is 4.45. The lowest BCUT2D eigenvalue weighted by Gasteiger charge is -2.35. The molecule has 2 aromatic rings. The van der Waals surface area contributed by atoms with E-state index in [0.29, 0.717) is 12.5 Å². The van der Waals surface area contributed by atoms with Crippen molar-refractivity contribution in [3.05, 3.63) is 30.6 Å². The number of amides is 1. The predicted molar refractivity (Wildman–Crippen MR) is 101 cm³/mol. The third-order valence-corrected chi connectivity index (χ3v) is 5.03. The molecule has 3 rings (SSSR count). The quantitative estimate of drug-likeness (QED) is 0.818. The Hall–Kier alpha value is -2.21. The Morgan fingerprint density at radius 3 is 2.84 bits per heavy atom. The van der Waals surface area contributed by atoms with Gasteiger partial charge in [-0.2, -0.15) is 0 Å². The monoisotopic (exact) mass is 341 g/mol. The fraction of sp³-hybridized carbons (Fsp3) is 0.526. The summed E-state index contributed by atoms with van der Waals surface area (Å²) in [5, 5.41) is 4.35. The zero-order valence-electron chi connectivity index (χ0n) is 15.1. The number of nitrogens with one attached hydrogen (secondary N) is 1. The van der Waals surface area contributed by atoms with E-state index in [1.165, 1.54) is 0 Å². The molecule has 1 saturated heterocycles. The van der Waals surface area contributed by atoms with E-state index >= 15 is 0 Å². The molecule has 0 bridgehead atoms. The first-order valence-corrected chi connectivity index (χ1v) is 9.03. The summed E-state index contributed by atoms with van der Waals surface area (Å²) in [5.41, 5.74) is 0.929. The summed E-state index contributed by atoms with van der Waals surface area (Å²) in [6.07, 6.45) is 5.09. The van der Waals surface area contributed by atoms with Crippen LogP contribution in [-0.4, -0.2) is 65.4 Å². The van der Waals surface area contributed by atoms with Crippen molar-refractivity contribution in [3.63, 3.8) is 0 Å². The molecular formula is C19H27N5O. The second kappa shape index (κ2) is 8.25. The van der Waals surface area contributed by atoms with E-state index in [1.54, 1.807) is 6.33 Å². The molecule has 2 heterocycles. The normalized spacial score (nSPS) is 16.1. The lowest BCUT2D eigenvalue weighted by Crippen LogP contribution is -2.44. The molecular weight excluding hydrogens is 314 g/mol. The standard InChI is InChI=1S/C19H27N5O/c1-23-12-9-15(10-13-23)24(2)18(25)8-5-11-20-19-16-6-3-4-7-17(16)21-14-22-19/h3-4,6-7,14-15H,5,8-13H2,1-2H3,(H,20,21,22). The number of para-hydroxylation sites is 1. The number of piperidine rings is 1. The number of rotatable bonds is 6. The molecule has 1 N–H and O–H groups in total. The Balaban J connectivity index is 1.45. The number of anilines is 1. The van der Waals surface area contributed by atoms with Gasteiger partial charge >= 0.3 is 0 Å². The van der Waals surface area contributed by atoms with Crippen LogP contribution in [0, 0.1) is 0 Å². The Bertz CT molecular complexity index is 707. The van der Waals surface area contributed by atoms with Gasteiger partial charge in [0.25, 0.3) is 0 Å². The van der Waals surface area contributed by atoms with E-state index in [9.17, 15) is 4.79 Å². The molecule has 0 spiro atoms. The molecule has 1 fully saturated rings. The van der Waals surface area contributed by atoms with Crippen LogP contribution in [0.3, 0.4) is 0 Å². The number of carbonyl (C=O) groups excluding carboxylic acids is 1. The summed E-state index contributed by atoms with van der Waals surface area (Å²) in [5.74, 6) is 1.07. The van der Waals surface area contributed by atoms with Gasteiger partial charge in [0, 0.05) is 31.4 Å². The van der Waals surface area contributed by atoms with Crippen molar-refractivity contribution in [2.45, 2.75) is 31.7 Å². The number of carbonyl (C=O) groups is 1. The molecule has 0 unspecified atom stereocenters. The predicted octanol–water partition coefficient (Wildman–Crippen LogP) is 2.37. The fourth-order valence-electron chi connectivity index (χ4n) is 3.35. The van der Waals surface area contributed by atoms with E-state index in [2.05, 4.69) is 27.2 Å². The average Bonchev–Trinajstić information content (AvgIpc) is 2.65. The summed E-state index contributed by atoms with van der Waals surface area (Å²) in [4.78, 5) is 25.3. The van der Waals surface area contributed by atoms with Crippen LogP contribution in [0.25, 0.3) is 10.9 Å². The van der Waals surface area contributed by atoms with Gasteiger partial charge < -0.3 is 15.1 Å². The number of hydrogen-bond acceptors (Lipinski definition) is 5. The van der Waals surface area contributed by atoms with E-state index in [1.807, 2.05) is 36.2 Å². The van der Waals surface area contributed by atoms with Crippen molar-refractivity contribution >= 4 is 22.6 Å². The molecule has 1 aromatic carbocycles. The Morgan fingerprint density at radius 2 is 2.04 bits per heavy atom. The topological polar surface area (TPSA) is 61.4 Å². The highest BCUT2D eigenvalue weighted by atomic mass is 16.2. The summed E-state index contributed by atoms with van der Waals surface area (Å²) in [7, 11) is 4.09. The minimum atomic E-state index is 0.240. The van der Waals surface area contributed by atoms with Gasteiger partial charge in [-0.25, -0.2) is 9.97 Å². The summed E-state index contributed by atoms with van der Waals surface area (Å²) < 4.78 is 0. The van der Waals surface area contributed by atoms with Gasteiger partial charge in [0.2, 0.25) is 5.91 Å². The van der Waals surface area contributed by atoms with Crippen LogP contribution < -0.4 is 5.32 Å². The highest BCUT2D eigenvalue weighted by molar-refractivity contribution is 5.88. The highest BCUT2D eigenvalue weighted by Gasteiger charge is 2.23. The number of fused-ring (bicyclic) bond motifs is 1. The van der Waals surface area contributed by atoms with E-state index < -0.39 is 0 Å². The largest absolute Gasteiger partial charge is 0.369 e. The Morgan fingerprint density at radius 1 is 1.28 bits per heavy atom. The molecule has 1 aromatic heterocycles. The van der Waals surface area contributed by atoms with Gasteiger partial charge in [-0.3, -0.25) is 4.79 Å². The van der Waals surface area contributed by atoms with E-state index in [0.717, 1.165) is 55.6 Å². The number of benzene rings is 1. The van der Waals surface area contributed by atoms with Crippen molar-refractivity contribution in [2.24, 2.45) is 0 Å². The van der Waals surface area contributed by atoms with Crippen LogP contribution in [0.4, 0.5) is 5.82 Å². The maximum atomic E-state index is 12.4. The second-order valence-corrected chi connectivity index (χ2v) is 6.81. The minimum absolute atomic E-state index is 0.240. The van der Waals surface area contributed by atoms with Gasteiger partial charge in [0.05, 0.1) is 5.52 Å². The molecule has 1 aliphatic heterocycles. The van der Waals surface area contributed by atoms with E-state index in [-0.39, 0.29) is 5.91 Å². The van der Waals surface area contributed by atoms with Gasteiger partial charge in [0.15, 0.2) is 0 Å². The average molecular weight is 341 g/mol. The molecule has 0 saturated carbocycles. The Labute approximate surface area is 149 Å². The minimum Gasteiger partial charge on any atom is -0.369 e. The first kappa shape index (κ1) is 17.6. The first-order valence-electron chi connectivity index (χ1n) is 9.03. The van der Waals surface area contributed by atoms with Crippen LogP contribution >= 0.6 is 0 Å². The van der Waals surface area contributed by atoms with Crippen LogP contribution in [0.5, 0.6) is 0 Å². The van der Waals surface area contributed by atoms with Crippen LogP contribution in [0.15, 0.2) is 30.6 Å². The molecule has 1 aliphatic rings. The lowest BCUT2D eigenvalue weighted by molar-refractivity contribution is -0.132. The highest BCUT2D eigenvalue weighted by Crippen LogP contribution is 2.18. The number of nitrogens with zero attached hydrogens (tertiary/aromatic N) is 4. The molecule has 1 amide bonds. The lowest BCUT2D eigenvalue weighted by atomic mass is 10.0. The third-order valence-electron chi connectivity index (χ3n) is 5.03. The molecule has 134 valence electrons. The van der Waals surface area contributed by atoms with E-state index in [4.69, 9.17) is 0 Å². The maximum absolute atomic E-state index is 12.4. The second-order valence-electron chi connectivity index (χ2n) is 6.81. The summed E-state index contributed by atoms with van der Waals surface area (Å²) >= 11 is 0. The van der Waals surface area contributed by atoms with Crippen molar-refractivity contribution < 1.29 is 4.79 Å². The summed E-state index contributed by atoms with van der Waals surface area (Å²) in [6.45, 7) is 2.88.